The minimum Gasteiger partial charge on any atom is -0.497 e. The highest BCUT2D eigenvalue weighted by atomic mass is 16.5. The van der Waals surface area contributed by atoms with Gasteiger partial charge >= 0.3 is 0 Å². The lowest BCUT2D eigenvalue weighted by atomic mass is 10.1. The van der Waals surface area contributed by atoms with Crippen LogP contribution in [0.5, 0.6) is 5.75 Å². The zero-order valence-corrected chi connectivity index (χ0v) is 11.5. The van der Waals surface area contributed by atoms with Gasteiger partial charge in [-0.2, -0.15) is 0 Å². The Morgan fingerprint density at radius 2 is 1.83 bits per heavy atom. The molecule has 0 amide bonds. The van der Waals surface area contributed by atoms with Crippen molar-refractivity contribution in [2.75, 3.05) is 21.2 Å². The largest absolute Gasteiger partial charge is 0.497 e. The van der Waals surface area contributed by atoms with Gasteiger partial charge in [0.25, 0.3) is 0 Å². The summed E-state index contributed by atoms with van der Waals surface area (Å²) >= 11 is 0. The van der Waals surface area contributed by atoms with Crippen LogP contribution in [0.3, 0.4) is 0 Å². The molecule has 0 saturated heterocycles. The third kappa shape index (κ3) is 3.60. The molecule has 0 bridgehead atoms. The van der Waals surface area contributed by atoms with Crippen LogP contribution >= 0.6 is 0 Å². The van der Waals surface area contributed by atoms with E-state index in [1.807, 2.05) is 24.3 Å². The lowest BCUT2D eigenvalue weighted by Gasteiger charge is -2.30. The topological polar surface area (TPSA) is 9.23 Å². The summed E-state index contributed by atoms with van der Waals surface area (Å²) in [5.41, 5.74) is 2.40. The molecule has 0 atom stereocenters. The third-order valence-corrected chi connectivity index (χ3v) is 2.93. The Bertz CT molecular complexity index is 441. The number of ether oxygens (including phenoxy) is 1. The van der Waals surface area contributed by atoms with Crippen LogP contribution in [0.15, 0.2) is 61.3 Å². The molecule has 96 valence electrons. The molecule has 0 aliphatic carbocycles. The summed E-state index contributed by atoms with van der Waals surface area (Å²) < 4.78 is 5.90. The lowest BCUT2D eigenvalue weighted by Crippen LogP contribution is -2.36. The molecule has 0 N–H and O–H groups in total. The van der Waals surface area contributed by atoms with E-state index in [2.05, 4.69) is 39.4 Å². The van der Waals surface area contributed by atoms with Crippen LogP contribution in [0, 0.1) is 0 Å². The van der Waals surface area contributed by atoms with E-state index in [1.165, 1.54) is 5.56 Å². The number of quaternary nitrogens is 1. The predicted octanol–water partition coefficient (Wildman–Crippen LogP) is 3.53. The molecule has 0 aliphatic heterocycles. The van der Waals surface area contributed by atoms with Crippen molar-refractivity contribution < 1.29 is 9.22 Å². The number of hydrogen-bond acceptors (Lipinski definition) is 1. The Morgan fingerprint density at radius 3 is 2.28 bits per heavy atom. The third-order valence-electron chi connectivity index (χ3n) is 2.93. The molecule has 0 unspecified atom stereocenters. The van der Waals surface area contributed by atoms with E-state index < -0.39 is 0 Å². The summed E-state index contributed by atoms with van der Waals surface area (Å²) in [5.74, 6) is 0.884. The quantitative estimate of drug-likeness (QED) is 0.549. The molecule has 1 aromatic carbocycles. The van der Waals surface area contributed by atoms with Crippen LogP contribution in [-0.2, 0) is 6.54 Å². The van der Waals surface area contributed by atoms with Crippen LogP contribution in [0.1, 0.15) is 5.56 Å². The number of benzene rings is 1. The smallest absolute Gasteiger partial charge is 0.132 e. The summed E-state index contributed by atoms with van der Waals surface area (Å²) in [6.45, 7) is 8.50. The van der Waals surface area contributed by atoms with Gasteiger partial charge in [-0.1, -0.05) is 19.2 Å². The standard InChI is InChI=1S/C16H22NO/c1-6-8-15(7-2)17(3,4)13-14-9-11-16(18-5)12-10-14/h6-12H,1-2,13H2,3-5H3/q+1/b15-8+. The number of methoxy groups -OCH3 is 1. The fourth-order valence-corrected chi connectivity index (χ4v) is 1.92. The van der Waals surface area contributed by atoms with Crippen LogP contribution < -0.4 is 4.74 Å². The second kappa shape index (κ2) is 6.22. The maximum absolute atomic E-state index is 5.16. The molecule has 0 aromatic heterocycles. The maximum Gasteiger partial charge on any atom is 0.132 e. The van der Waals surface area contributed by atoms with Gasteiger partial charge in [0.05, 0.1) is 21.2 Å². The molecule has 18 heavy (non-hydrogen) atoms. The molecule has 0 heterocycles. The van der Waals surface area contributed by atoms with Crippen molar-refractivity contribution >= 4 is 0 Å². The highest BCUT2D eigenvalue weighted by molar-refractivity contribution is 5.27. The van der Waals surface area contributed by atoms with Crippen molar-refractivity contribution in [2.24, 2.45) is 0 Å². The Morgan fingerprint density at radius 1 is 1.22 bits per heavy atom. The second-order valence-electron chi connectivity index (χ2n) is 4.72. The van der Waals surface area contributed by atoms with Gasteiger partial charge in [0.1, 0.15) is 18.0 Å². The summed E-state index contributed by atoms with van der Waals surface area (Å²) in [6, 6.07) is 8.15. The normalized spacial score (nSPS) is 12.1. The zero-order valence-electron chi connectivity index (χ0n) is 11.5. The fraction of sp³-hybridized carbons (Fsp3) is 0.250. The molecule has 0 fully saturated rings. The van der Waals surface area contributed by atoms with Gasteiger partial charge in [-0.05, 0) is 36.4 Å². The number of likely N-dealkylation sites (N-methyl/N-ethyl adjacent to an activating group) is 1. The Labute approximate surface area is 110 Å². The molecule has 2 heteroatoms. The van der Waals surface area contributed by atoms with Crippen molar-refractivity contribution in [3.05, 3.63) is 66.9 Å². The number of nitrogens with zero attached hydrogens (tertiary/aromatic N) is 1. The SMILES string of the molecule is C=C/C=C(\C=C)[N+](C)(C)Cc1ccc(OC)cc1. The predicted molar refractivity (Wildman–Crippen MR) is 77.3 cm³/mol. The lowest BCUT2D eigenvalue weighted by molar-refractivity contribution is -0.863. The van der Waals surface area contributed by atoms with Crippen LogP contribution in [0.2, 0.25) is 0 Å². The van der Waals surface area contributed by atoms with Crippen LogP contribution in [0.4, 0.5) is 0 Å². The van der Waals surface area contributed by atoms with E-state index in [-0.39, 0.29) is 0 Å². The van der Waals surface area contributed by atoms with Crippen molar-refractivity contribution in [1.29, 1.82) is 0 Å². The van der Waals surface area contributed by atoms with Gasteiger partial charge in [0, 0.05) is 5.56 Å². The Balaban J connectivity index is 2.89. The van der Waals surface area contributed by atoms with Gasteiger partial charge in [-0.15, -0.1) is 0 Å². The summed E-state index contributed by atoms with van der Waals surface area (Å²) in [4.78, 5) is 0. The van der Waals surface area contributed by atoms with E-state index in [9.17, 15) is 0 Å². The monoisotopic (exact) mass is 244 g/mol. The molecule has 0 radical (unpaired) electrons. The van der Waals surface area contributed by atoms with E-state index >= 15 is 0 Å². The first-order chi connectivity index (χ1) is 8.53. The first kappa shape index (κ1) is 14.3. The highest BCUT2D eigenvalue weighted by Gasteiger charge is 2.19. The van der Waals surface area contributed by atoms with Crippen molar-refractivity contribution in [3.8, 4) is 5.75 Å². The van der Waals surface area contributed by atoms with Crippen molar-refractivity contribution in [1.82, 2.24) is 0 Å². The van der Waals surface area contributed by atoms with Gasteiger partial charge in [-0.3, -0.25) is 4.48 Å². The van der Waals surface area contributed by atoms with Gasteiger partial charge in [-0.25, -0.2) is 0 Å². The molecule has 1 aromatic rings. The minimum atomic E-state index is 0.738. The van der Waals surface area contributed by atoms with Crippen LogP contribution in [0.25, 0.3) is 0 Å². The summed E-state index contributed by atoms with van der Waals surface area (Å²) in [7, 11) is 5.99. The molecule has 0 spiro atoms. The first-order valence-corrected chi connectivity index (χ1v) is 5.95. The van der Waals surface area contributed by atoms with Gasteiger partial charge in [0.15, 0.2) is 0 Å². The number of hydrogen-bond donors (Lipinski definition) is 0. The maximum atomic E-state index is 5.16. The zero-order chi connectivity index (χ0) is 13.6. The molecule has 0 saturated carbocycles. The Kier molecular flexibility index (Phi) is 4.93. The molecular weight excluding hydrogens is 222 g/mol. The van der Waals surface area contributed by atoms with Crippen LogP contribution in [-0.4, -0.2) is 25.7 Å². The average Bonchev–Trinajstić information content (AvgIpc) is 2.36. The van der Waals surface area contributed by atoms with E-state index in [0.717, 1.165) is 22.5 Å². The van der Waals surface area contributed by atoms with Crippen molar-refractivity contribution in [2.45, 2.75) is 6.54 Å². The van der Waals surface area contributed by atoms with E-state index in [4.69, 9.17) is 4.74 Å². The molecule has 1 rings (SSSR count). The minimum absolute atomic E-state index is 0.738. The molecule has 2 nitrogen and oxygen atoms in total. The Hall–Kier alpha value is -1.80. The average molecular weight is 244 g/mol. The first-order valence-electron chi connectivity index (χ1n) is 5.95. The van der Waals surface area contributed by atoms with E-state index in [0.29, 0.717) is 0 Å². The second-order valence-corrected chi connectivity index (χ2v) is 4.72. The highest BCUT2D eigenvalue weighted by Crippen LogP contribution is 2.20. The van der Waals surface area contributed by atoms with E-state index in [1.54, 1.807) is 13.2 Å². The molecular formula is C16H22NO+. The molecule has 0 aliphatic rings. The van der Waals surface area contributed by atoms with Crippen molar-refractivity contribution in [3.63, 3.8) is 0 Å². The summed E-state index contributed by atoms with van der Waals surface area (Å²) in [6.07, 6.45) is 5.67. The fourth-order valence-electron chi connectivity index (χ4n) is 1.92. The van der Waals surface area contributed by atoms with Gasteiger partial charge < -0.3 is 4.74 Å². The number of allylic oxidation sites excluding steroid dienone is 3. The van der Waals surface area contributed by atoms with Gasteiger partial charge in [0.2, 0.25) is 0 Å². The summed E-state index contributed by atoms with van der Waals surface area (Å²) in [5, 5.41) is 0. The number of rotatable bonds is 6.